The Morgan fingerprint density at radius 3 is 2.93 bits per heavy atom. The van der Waals surface area contributed by atoms with Gasteiger partial charge in [0.15, 0.2) is 23.0 Å². The Bertz CT molecular complexity index is 1060. The number of fused-ring (bicyclic) bond motifs is 2. The molecule has 150 valence electrons. The first-order valence-electron chi connectivity index (χ1n) is 9.45. The van der Waals surface area contributed by atoms with Gasteiger partial charge < -0.3 is 24.7 Å². The molecule has 0 bridgehead atoms. The number of carbonyl (C=O) groups is 1. The van der Waals surface area contributed by atoms with Crippen LogP contribution in [-0.4, -0.2) is 45.7 Å². The van der Waals surface area contributed by atoms with E-state index in [4.69, 9.17) is 21.1 Å². The SMILES string of the molecule is O=C(NCc1ccc2c(c1)OCO2)C1CCN(c2nc(Cl)nc3nc[nH]c23)CC1. The van der Waals surface area contributed by atoms with E-state index in [1.165, 1.54) is 0 Å². The second-order valence-corrected chi connectivity index (χ2v) is 7.42. The van der Waals surface area contributed by atoms with Gasteiger partial charge in [0.2, 0.25) is 18.0 Å². The Morgan fingerprint density at radius 2 is 2.07 bits per heavy atom. The molecule has 0 atom stereocenters. The van der Waals surface area contributed by atoms with Crippen molar-refractivity contribution in [2.24, 2.45) is 5.92 Å². The molecular formula is C19H19ClN6O3. The molecule has 0 aliphatic carbocycles. The van der Waals surface area contributed by atoms with Gasteiger partial charge in [-0.05, 0) is 42.1 Å². The van der Waals surface area contributed by atoms with Crippen molar-refractivity contribution in [1.82, 2.24) is 25.3 Å². The molecule has 1 saturated heterocycles. The number of amides is 1. The largest absolute Gasteiger partial charge is 0.454 e. The molecule has 10 heteroatoms. The maximum Gasteiger partial charge on any atom is 0.231 e. The summed E-state index contributed by atoms with van der Waals surface area (Å²) in [6.07, 6.45) is 3.06. The highest BCUT2D eigenvalue weighted by molar-refractivity contribution is 6.28. The lowest BCUT2D eigenvalue weighted by molar-refractivity contribution is -0.125. The quantitative estimate of drug-likeness (QED) is 0.631. The van der Waals surface area contributed by atoms with Gasteiger partial charge in [-0.25, -0.2) is 4.98 Å². The zero-order valence-electron chi connectivity index (χ0n) is 15.5. The van der Waals surface area contributed by atoms with Crippen molar-refractivity contribution in [3.63, 3.8) is 0 Å². The molecule has 2 aromatic heterocycles. The lowest BCUT2D eigenvalue weighted by Gasteiger charge is -2.32. The lowest BCUT2D eigenvalue weighted by atomic mass is 9.95. The third-order valence-corrected chi connectivity index (χ3v) is 5.48. The number of halogens is 1. The number of rotatable bonds is 4. The first-order chi connectivity index (χ1) is 14.2. The van der Waals surface area contributed by atoms with Crippen LogP contribution in [0.15, 0.2) is 24.5 Å². The molecule has 2 aliphatic rings. The fourth-order valence-electron chi connectivity index (χ4n) is 3.76. The highest BCUT2D eigenvalue weighted by atomic mass is 35.5. The van der Waals surface area contributed by atoms with Crippen LogP contribution in [0.3, 0.4) is 0 Å². The van der Waals surface area contributed by atoms with E-state index in [0.29, 0.717) is 25.3 Å². The van der Waals surface area contributed by atoms with Crippen LogP contribution in [0.1, 0.15) is 18.4 Å². The summed E-state index contributed by atoms with van der Waals surface area (Å²) in [6, 6.07) is 5.70. The number of nitrogens with zero attached hydrogens (tertiary/aromatic N) is 4. The van der Waals surface area contributed by atoms with E-state index >= 15 is 0 Å². The van der Waals surface area contributed by atoms with E-state index in [9.17, 15) is 4.79 Å². The minimum absolute atomic E-state index is 0.0326. The molecular weight excluding hydrogens is 396 g/mol. The summed E-state index contributed by atoms with van der Waals surface area (Å²) < 4.78 is 10.7. The topological polar surface area (TPSA) is 105 Å². The number of anilines is 1. The average Bonchev–Trinajstić information content (AvgIpc) is 3.40. The van der Waals surface area contributed by atoms with Gasteiger partial charge >= 0.3 is 0 Å². The predicted molar refractivity (Wildman–Crippen MR) is 106 cm³/mol. The van der Waals surface area contributed by atoms with E-state index in [1.807, 2.05) is 18.2 Å². The molecule has 0 saturated carbocycles. The van der Waals surface area contributed by atoms with Crippen molar-refractivity contribution >= 4 is 34.5 Å². The number of ether oxygens (including phenoxy) is 2. The van der Waals surface area contributed by atoms with Crippen LogP contribution in [0.4, 0.5) is 5.82 Å². The number of nitrogens with one attached hydrogen (secondary N) is 2. The summed E-state index contributed by atoms with van der Waals surface area (Å²) in [7, 11) is 0. The number of aromatic amines is 1. The van der Waals surface area contributed by atoms with Crippen LogP contribution in [-0.2, 0) is 11.3 Å². The van der Waals surface area contributed by atoms with Gasteiger partial charge in [0.05, 0.1) is 6.33 Å². The van der Waals surface area contributed by atoms with Crippen molar-refractivity contribution in [1.29, 1.82) is 0 Å². The minimum atomic E-state index is -0.0326. The van der Waals surface area contributed by atoms with Crippen LogP contribution < -0.4 is 19.7 Å². The number of carbonyl (C=O) groups excluding carboxylic acids is 1. The van der Waals surface area contributed by atoms with Crippen LogP contribution in [0.2, 0.25) is 5.28 Å². The highest BCUT2D eigenvalue weighted by Gasteiger charge is 2.27. The number of benzene rings is 1. The number of imidazole rings is 1. The third-order valence-electron chi connectivity index (χ3n) is 5.31. The van der Waals surface area contributed by atoms with Gasteiger partial charge in [0.25, 0.3) is 0 Å². The Hall–Kier alpha value is -3.07. The first kappa shape index (κ1) is 18.0. The van der Waals surface area contributed by atoms with Crippen molar-refractivity contribution < 1.29 is 14.3 Å². The highest BCUT2D eigenvalue weighted by Crippen LogP contribution is 2.32. The van der Waals surface area contributed by atoms with Gasteiger partial charge in [-0.3, -0.25) is 4.79 Å². The fraction of sp³-hybridized carbons (Fsp3) is 0.368. The van der Waals surface area contributed by atoms with E-state index in [-0.39, 0.29) is 23.9 Å². The number of piperidine rings is 1. The predicted octanol–water partition coefficient (Wildman–Crippen LogP) is 2.27. The fourth-order valence-corrected chi connectivity index (χ4v) is 3.92. The van der Waals surface area contributed by atoms with Gasteiger partial charge in [0, 0.05) is 25.6 Å². The summed E-state index contributed by atoms with van der Waals surface area (Å²) in [5.74, 6) is 2.23. The monoisotopic (exact) mass is 414 g/mol. The summed E-state index contributed by atoms with van der Waals surface area (Å²) in [4.78, 5) is 30.4. The second-order valence-electron chi connectivity index (χ2n) is 7.08. The summed E-state index contributed by atoms with van der Waals surface area (Å²) in [5, 5.41) is 3.20. The smallest absolute Gasteiger partial charge is 0.231 e. The maximum absolute atomic E-state index is 12.6. The summed E-state index contributed by atoms with van der Waals surface area (Å²) in [5.41, 5.74) is 2.29. The maximum atomic E-state index is 12.6. The Labute approximate surface area is 171 Å². The molecule has 0 radical (unpaired) electrons. The molecule has 1 aromatic carbocycles. The third kappa shape index (κ3) is 3.53. The molecule has 3 aromatic rings. The number of aromatic nitrogens is 4. The van der Waals surface area contributed by atoms with E-state index in [1.54, 1.807) is 6.33 Å². The lowest BCUT2D eigenvalue weighted by Crippen LogP contribution is -2.40. The van der Waals surface area contributed by atoms with Crippen LogP contribution >= 0.6 is 11.6 Å². The number of hydrogen-bond acceptors (Lipinski definition) is 7. The molecule has 9 nitrogen and oxygen atoms in total. The molecule has 5 rings (SSSR count). The van der Waals surface area contributed by atoms with E-state index in [2.05, 4.69) is 30.2 Å². The zero-order chi connectivity index (χ0) is 19.8. The van der Waals surface area contributed by atoms with Crippen molar-refractivity contribution in [3.05, 3.63) is 35.4 Å². The summed E-state index contributed by atoms with van der Waals surface area (Å²) in [6.45, 7) is 2.13. The van der Waals surface area contributed by atoms with E-state index < -0.39 is 0 Å². The van der Waals surface area contributed by atoms with E-state index in [0.717, 1.165) is 41.2 Å². The normalized spacial score (nSPS) is 16.4. The van der Waals surface area contributed by atoms with Crippen molar-refractivity contribution in [2.45, 2.75) is 19.4 Å². The molecule has 0 spiro atoms. The van der Waals surface area contributed by atoms with Crippen molar-refractivity contribution in [3.8, 4) is 11.5 Å². The van der Waals surface area contributed by atoms with Gasteiger partial charge in [-0.15, -0.1) is 0 Å². The van der Waals surface area contributed by atoms with Gasteiger partial charge in [-0.2, -0.15) is 9.97 Å². The van der Waals surface area contributed by atoms with Gasteiger partial charge in [0.1, 0.15) is 5.52 Å². The Morgan fingerprint density at radius 1 is 1.24 bits per heavy atom. The standard InChI is InChI=1S/C19H19ClN6O3/c20-19-24-16-15(22-9-23-16)17(25-19)26-5-3-12(4-6-26)18(27)21-8-11-1-2-13-14(7-11)29-10-28-13/h1-2,7,9,12H,3-6,8,10H2,(H,21,27)(H,22,23,24,25). The second kappa shape index (κ2) is 7.40. The minimum Gasteiger partial charge on any atom is -0.454 e. The first-order valence-corrected chi connectivity index (χ1v) is 9.83. The molecule has 2 N–H and O–H groups in total. The average molecular weight is 415 g/mol. The Balaban J connectivity index is 1.19. The molecule has 2 aliphatic heterocycles. The molecule has 1 amide bonds. The molecule has 1 fully saturated rings. The van der Waals surface area contributed by atoms with Crippen LogP contribution in [0, 0.1) is 5.92 Å². The van der Waals surface area contributed by atoms with Crippen LogP contribution in [0.5, 0.6) is 11.5 Å². The molecule has 0 unspecified atom stereocenters. The Kier molecular flexibility index (Phi) is 4.59. The van der Waals surface area contributed by atoms with Gasteiger partial charge in [-0.1, -0.05) is 6.07 Å². The molecule has 4 heterocycles. The molecule has 29 heavy (non-hydrogen) atoms. The van der Waals surface area contributed by atoms with Crippen LogP contribution in [0.25, 0.3) is 11.2 Å². The zero-order valence-corrected chi connectivity index (χ0v) is 16.3. The summed E-state index contributed by atoms with van der Waals surface area (Å²) >= 11 is 6.03. The number of H-pyrrole nitrogens is 1. The van der Waals surface area contributed by atoms with Crippen molar-refractivity contribution in [2.75, 3.05) is 24.8 Å². The number of hydrogen-bond donors (Lipinski definition) is 2.